The summed E-state index contributed by atoms with van der Waals surface area (Å²) in [6.07, 6.45) is 0. The number of fused-ring (bicyclic) bond motifs is 9. The lowest BCUT2D eigenvalue weighted by Gasteiger charge is -2.21. The summed E-state index contributed by atoms with van der Waals surface area (Å²) < 4.78 is 38.7. The van der Waals surface area contributed by atoms with Gasteiger partial charge in [0.1, 0.15) is 23.0 Å². The van der Waals surface area contributed by atoms with Crippen LogP contribution in [0, 0.1) is 0 Å². The molecular weight excluding hydrogens is 631 g/mol. The second kappa shape index (κ2) is 11.1. The largest absolute Gasteiger partial charge is 0.584 e. The first-order valence-electron chi connectivity index (χ1n) is 15.9. The second-order valence-electron chi connectivity index (χ2n) is 12.1. The molecule has 1 aliphatic rings. The highest BCUT2D eigenvalue weighted by Gasteiger charge is 2.38. The Labute approximate surface area is 282 Å². The molecule has 1 N–H and O–H groups in total. The molecule has 0 aliphatic carbocycles. The van der Waals surface area contributed by atoms with Crippen LogP contribution in [0.3, 0.4) is 0 Å². The van der Waals surface area contributed by atoms with Crippen LogP contribution in [-0.2, 0) is 4.57 Å². The number of rotatable bonds is 4. The van der Waals surface area contributed by atoms with Crippen molar-refractivity contribution in [1.29, 1.82) is 0 Å². The average molecular weight is 661 g/mol. The van der Waals surface area contributed by atoms with Crippen LogP contribution in [0.5, 0.6) is 23.0 Å². The van der Waals surface area contributed by atoms with Gasteiger partial charge >= 0.3 is 7.82 Å². The Morgan fingerprint density at radius 3 is 1.20 bits per heavy atom. The number of phosphoric acid groups is 1. The van der Waals surface area contributed by atoms with E-state index in [-0.39, 0.29) is 11.5 Å². The van der Waals surface area contributed by atoms with E-state index in [1.54, 1.807) is 14.2 Å². The third kappa shape index (κ3) is 4.56. The van der Waals surface area contributed by atoms with Crippen LogP contribution < -0.4 is 18.5 Å². The highest BCUT2D eigenvalue weighted by atomic mass is 31.2. The normalized spacial score (nSPS) is 13.4. The van der Waals surface area contributed by atoms with Gasteiger partial charge in [-0.3, -0.25) is 4.89 Å². The van der Waals surface area contributed by atoms with Crippen molar-refractivity contribution < 1.29 is 28.0 Å². The van der Waals surface area contributed by atoms with E-state index in [9.17, 15) is 9.46 Å². The van der Waals surface area contributed by atoms with E-state index in [2.05, 4.69) is 0 Å². The fourth-order valence-corrected chi connectivity index (χ4v) is 8.24. The van der Waals surface area contributed by atoms with Gasteiger partial charge in [-0.15, -0.1) is 0 Å². The van der Waals surface area contributed by atoms with Gasteiger partial charge in [-0.1, -0.05) is 109 Å². The molecule has 8 aromatic carbocycles. The lowest BCUT2D eigenvalue weighted by atomic mass is 9.85. The number of ether oxygens (including phenoxy) is 2. The van der Waals surface area contributed by atoms with Gasteiger partial charge in [0.05, 0.1) is 14.2 Å². The summed E-state index contributed by atoms with van der Waals surface area (Å²) in [5.41, 5.74) is 4.05. The standard InChI is InChI=1S/C42H29O6P/c1-45-35-21-19-25-11-3-7-15-29(25)37(35)33-23-27-13-5-9-17-31(27)39-40-32-18-10-6-14-28(32)24-34(42(40)48-49(43,44)47-41(33)39)38-30-16-8-4-12-26(30)20-22-36(38)46-2/h3-24H,1-2H3,(H,43,44). The third-order valence-electron chi connectivity index (χ3n) is 9.43. The molecule has 0 aromatic heterocycles. The molecule has 0 saturated carbocycles. The number of hydrogen-bond acceptors (Lipinski definition) is 5. The fourth-order valence-electron chi connectivity index (χ4n) is 7.36. The van der Waals surface area contributed by atoms with Gasteiger partial charge in [-0.2, -0.15) is 0 Å². The Kier molecular flexibility index (Phi) is 6.66. The molecule has 0 amide bonds. The summed E-state index contributed by atoms with van der Waals surface area (Å²) in [4.78, 5) is 11.7. The first kappa shape index (κ1) is 29.3. The van der Waals surface area contributed by atoms with E-state index >= 15 is 0 Å². The smallest absolute Gasteiger partial charge is 0.496 e. The lowest BCUT2D eigenvalue weighted by Crippen LogP contribution is -2.01. The molecule has 0 spiro atoms. The molecule has 1 heterocycles. The van der Waals surface area contributed by atoms with Crippen molar-refractivity contribution in [2.75, 3.05) is 14.2 Å². The number of phosphoric ester groups is 1. The van der Waals surface area contributed by atoms with Crippen LogP contribution in [0.15, 0.2) is 133 Å². The molecule has 238 valence electrons. The van der Waals surface area contributed by atoms with Crippen LogP contribution in [0.1, 0.15) is 0 Å². The maximum atomic E-state index is 14.3. The van der Waals surface area contributed by atoms with E-state index in [0.29, 0.717) is 33.8 Å². The number of benzene rings is 8. The Morgan fingerprint density at radius 1 is 0.469 bits per heavy atom. The highest BCUT2D eigenvalue weighted by molar-refractivity contribution is 7.48. The van der Waals surface area contributed by atoms with Crippen LogP contribution in [0.25, 0.3) is 76.5 Å². The van der Waals surface area contributed by atoms with Crippen molar-refractivity contribution in [2.45, 2.75) is 0 Å². The van der Waals surface area contributed by atoms with Gasteiger partial charge in [-0.25, -0.2) is 4.57 Å². The Bertz CT molecular complexity index is 2520. The summed E-state index contributed by atoms with van der Waals surface area (Å²) in [7, 11) is -1.54. The van der Waals surface area contributed by atoms with Gasteiger partial charge in [0.25, 0.3) is 0 Å². The fraction of sp³-hybridized carbons (Fsp3) is 0.0476. The molecule has 0 fully saturated rings. The van der Waals surface area contributed by atoms with Crippen molar-refractivity contribution in [3.8, 4) is 56.4 Å². The highest BCUT2D eigenvalue weighted by Crippen LogP contribution is 2.63. The topological polar surface area (TPSA) is 74.2 Å². The summed E-state index contributed by atoms with van der Waals surface area (Å²) in [5.74, 6) is 1.70. The number of methoxy groups -OCH3 is 2. The van der Waals surface area contributed by atoms with E-state index in [4.69, 9.17) is 18.5 Å². The zero-order valence-electron chi connectivity index (χ0n) is 26.6. The minimum Gasteiger partial charge on any atom is -0.496 e. The second-order valence-corrected chi connectivity index (χ2v) is 13.4. The zero-order chi connectivity index (χ0) is 33.3. The minimum atomic E-state index is -4.79. The minimum absolute atomic E-state index is 0.241. The van der Waals surface area contributed by atoms with E-state index in [1.807, 2.05) is 133 Å². The van der Waals surface area contributed by atoms with Gasteiger partial charge in [-0.05, 0) is 67.4 Å². The maximum Gasteiger partial charge on any atom is 0.584 e. The summed E-state index contributed by atoms with van der Waals surface area (Å²) >= 11 is 0. The Hall–Kier alpha value is -5.81. The first-order valence-corrected chi connectivity index (χ1v) is 17.4. The van der Waals surface area contributed by atoms with Crippen LogP contribution in [0.4, 0.5) is 0 Å². The van der Waals surface area contributed by atoms with Crippen molar-refractivity contribution in [1.82, 2.24) is 0 Å². The van der Waals surface area contributed by atoms with Crippen molar-refractivity contribution in [2.24, 2.45) is 0 Å². The Morgan fingerprint density at radius 2 is 0.816 bits per heavy atom. The third-order valence-corrected chi connectivity index (χ3v) is 10.3. The van der Waals surface area contributed by atoms with Crippen LogP contribution >= 0.6 is 7.82 Å². The van der Waals surface area contributed by atoms with Crippen molar-refractivity contribution in [3.05, 3.63) is 133 Å². The van der Waals surface area contributed by atoms with E-state index in [1.165, 1.54) is 0 Å². The predicted octanol–water partition coefficient (Wildman–Crippen LogP) is 11.2. The molecule has 0 radical (unpaired) electrons. The quantitative estimate of drug-likeness (QED) is 0.189. The molecule has 0 saturated heterocycles. The molecule has 0 atom stereocenters. The van der Waals surface area contributed by atoms with E-state index < -0.39 is 7.82 Å². The van der Waals surface area contributed by atoms with Crippen LogP contribution in [0.2, 0.25) is 0 Å². The monoisotopic (exact) mass is 660 g/mol. The SMILES string of the molecule is COc1ccc2ccccc2c1-c1cc2ccccc2c2c1OP(=O)(O)Oc1c(-c3c(OC)ccc4ccccc34)cc3ccccc3c1-2. The lowest BCUT2D eigenvalue weighted by molar-refractivity contribution is 0.295. The number of hydrogen-bond donors (Lipinski definition) is 1. The molecule has 7 heteroatoms. The average Bonchev–Trinajstić information content (AvgIpc) is 3.26. The molecule has 8 aromatic rings. The maximum absolute atomic E-state index is 14.3. The van der Waals surface area contributed by atoms with Gasteiger partial charge in [0.2, 0.25) is 0 Å². The zero-order valence-corrected chi connectivity index (χ0v) is 27.5. The molecule has 49 heavy (non-hydrogen) atoms. The van der Waals surface area contributed by atoms with Gasteiger partial charge in [0.15, 0.2) is 0 Å². The molecule has 0 unspecified atom stereocenters. The summed E-state index contributed by atoms with van der Waals surface area (Å²) in [6.45, 7) is 0. The molecular formula is C42H29O6P. The molecule has 1 aliphatic heterocycles. The molecule has 6 nitrogen and oxygen atoms in total. The van der Waals surface area contributed by atoms with Crippen LogP contribution in [-0.4, -0.2) is 19.1 Å². The van der Waals surface area contributed by atoms with Crippen molar-refractivity contribution in [3.63, 3.8) is 0 Å². The van der Waals surface area contributed by atoms with Gasteiger partial charge in [0, 0.05) is 33.4 Å². The predicted molar refractivity (Wildman–Crippen MR) is 197 cm³/mol. The van der Waals surface area contributed by atoms with Gasteiger partial charge < -0.3 is 18.5 Å². The molecule has 9 rings (SSSR count). The first-order chi connectivity index (χ1) is 24.0. The molecule has 0 bridgehead atoms. The summed E-state index contributed by atoms with van der Waals surface area (Å²) in [6, 6.07) is 43.9. The van der Waals surface area contributed by atoms with E-state index in [0.717, 1.165) is 54.2 Å². The Balaban J connectivity index is 1.51. The summed E-state index contributed by atoms with van der Waals surface area (Å²) in [5, 5.41) is 7.36. The van der Waals surface area contributed by atoms with Crippen molar-refractivity contribution >= 4 is 50.9 Å².